The molecule has 0 aliphatic heterocycles. The van der Waals surface area contributed by atoms with Crippen LogP contribution in [-0.2, 0) is 4.74 Å². The number of esters is 1. The van der Waals surface area contributed by atoms with Crippen LogP contribution in [0.4, 0.5) is 5.69 Å². The van der Waals surface area contributed by atoms with Crippen LogP contribution in [0, 0.1) is 13.8 Å². The van der Waals surface area contributed by atoms with E-state index < -0.39 is 0 Å². The van der Waals surface area contributed by atoms with Crippen LogP contribution in [0.1, 0.15) is 34.2 Å². The first kappa shape index (κ1) is 21.3. The predicted octanol–water partition coefficient (Wildman–Crippen LogP) is 4.59. The number of ether oxygens (including phenoxy) is 1. The number of carbonyl (C=O) groups excluding carboxylic acids is 1. The fraction of sp³-hybridized carbons (Fsp3) is 0.174. The number of hydrazone groups is 1. The van der Waals surface area contributed by atoms with Gasteiger partial charge in [0.25, 0.3) is 0 Å². The van der Waals surface area contributed by atoms with Crippen LogP contribution >= 0.6 is 12.2 Å². The minimum Gasteiger partial charge on any atom is -0.462 e. The first-order valence-corrected chi connectivity index (χ1v) is 10.0. The second-order valence-electron chi connectivity index (χ2n) is 6.62. The number of carbonyl (C=O) groups is 1. The van der Waals surface area contributed by atoms with Crippen molar-refractivity contribution in [3.8, 4) is 5.69 Å². The second-order valence-corrected chi connectivity index (χ2v) is 7.03. The molecule has 2 N–H and O–H groups in total. The van der Waals surface area contributed by atoms with Gasteiger partial charge >= 0.3 is 5.97 Å². The van der Waals surface area contributed by atoms with Gasteiger partial charge in [-0.2, -0.15) is 5.10 Å². The zero-order valence-electron chi connectivity index (χ0n) is 17.2. The standard InChI is InChI=1S/C23H24N4O2S/c1-4-29-22(28)18-10-12-21(13-11-18)27-16(2)14-19(17(27)3)15-24-26-23(30)25-20-8-6-5-7-9-20/h5-15H,4H2,1-3H3,(H2,25,26,30)/b24-15+. The molecule has 0 saturated carbocycles. The molecule has 1 heterocycles. The lowest BCUT2D eigenvalue weighted by atomic mass is 10.2. The van der Waals surface area contributed by atoms with Gasteiger partial charge in [0, 0.05) is 28.3 Å². The molecule has 30 heavy (non-hydrogen) atoms. The van der Waals surface area contributed by atoms with Gasteiger partial charge in [-0.1, -0.05) is 18.2 Å². The van der Waals surface area contributed by atoms with Gasteiger partial charge in [-0.3, -0.25) is 5.43 Å². The Morgan fingerprint density at radius 2 is 1.83 bits per heavy atom. The van der Waals surface area contributed by atoms with Crippen LogP contribution in [-0.4, -0.2) is 28.5 Å². The lowest BCUT2D eigenvalue weighted by molar-refractivity contribution is 0.0526. The number of thiocarbonyl (C=S) groups is 1. The average Bonchev–Trinajstić information content (AvgIpc) is 3.02. The molecule has 0 spiro atoms. The van der Waals surface area contributed by atoms with E-state index in [0.717, 1.165) is 28.3 Å². The number of para-hydroxylation sites is 1. The Morgan fingerprint density at radius 3 is 2.50 bits per heavy atom. The molecule has 0 saturated heterocycles. The molecule has 0 radical (unpaired) electrons. The number of benzene rings is 2. The fourth-order valence-electron chi connectivity index (χ4n) is 3.12. The van der Waals surface area contributed by atoms with Gasteiger partial charge in [0.2, 0.25) is 0 Å². The summed E-state index contributed by atoms with van der Waals surface area (Å²) in [5.74, 6) is -0.316. The molecular formula is C23H24N4O2S. The molecule has 3 aromatic rings. The molecule has 0 bridgehead atoms. The summed E-state index contributed by atoms with van der Waals surface area (Å²) < 4.78 is 7.15. The minimum absolute atomic E-state index is 0.316. The van der Waals surface area contributed by atoms with Crippen molar-refractivity contribution >= 4 is 35.2 Å². The van der Waals surface area contributed by atoms with Gasteiger partial charge in [-0.15, -0.1) is 0 Å². The number of hydrogen-bond acceptors (Lipinski definition) is 4. The summed E-state index contributed by atoms with van der Waals surface area (Å²) in [7, 11) is 0. The van der Waals surface area contributed by atoms with Crippen molar-refractivity contribution in [3.63, 3.8) is 0 Å². The van der Waals surface area contributed by atoms with E-state index >= 15 is 0 Å². The molecular weight excluding hydrogens is 396 g/mol. The lowest BCUT2D eigenvalue weighted by Crippen LogP contribution is -2.23. The molecule has 6 nitrogen and oxygen atoms in total. The van der Waals surface area contributed by atoms with Crippen LogP contribution in [0.25, 0.3) is 5.69 Å². The summed E-state index contributed by atoms with van der Waals surface area (Å²) >= 11 is 5.26. The molecule has 0 amide bonds. The van der Waals surface area contributed by atoms with Gasteiger partial charge in [0.05, 0.1) is 18.4 Å². The van der Waals surface area contributed by atoms with E-state index in [1.807, 2.05) is 62.4 Å². The van der Waals surface area contributed by atoms with Gasteiger partial charge in [0.1, 0.15) is 0 Å². The fourth-order valence-corrected chi connectivity index (χ4v) is 3.29. The number of hydrogen-bond donors (Lipinski definition) is 2. The highest BCUT2D eigenvalue weighted by molar-refractivity contribution is 7.80. The third kappa shape index (κ3) is 5.12. The summed E-state index contributed by atoms with van der Waals surface area (Å²) in [5, 5.41) is 7.74. The number of nitrogens with zero attached hydrogens (tertiary/aromatic N) is 2. The van der Waals surface area contributed by atoms with Crippen LogP contribution in [0.5, 0.6) is 0 Å². The molecule has 0 fully saturated rings. The average molecular weight is 421 g/mol. The molecule has 2 aromatic carbocycles. The van der Waals surface area contributed by atoms with Crippen LogP contribution < -0.4 is 10.7 Å². The van der Waals surface area contributed by atoms with E-state index in [0.29, 0.717) is 17.3 Å². The SMILES string of the molecule is CCOC(=O)c1ccc(-n2c(C)cc(/C=N/NC(=S)Nc3ccccc3)c2C)cc1. The summed E-state index contributed by atoms with van der Waals surface area (Å²) in [5.41, 5.74) is 8.29. The zero-order chi connectivity index (χ0) is 21.5. The van der Waals surface area contributed by atoms with Crippen molar-refractivity contribution in [1.29, 1.82) is 0 Å². The Labute approximate surface area is 181 Å². The van der Waals surface area contributed by atoms with Crippen molar-refractivity contribution in [2.45, 2.75) is 20.8 Å². The second kappa shape index (κ2) is 9.84. The number of nitrogens with one attached hydrogen (secondary N) is 2. The molecule has 3 rings (SSSR count). The van der Waals surface area contributed by atoms with Gasteiger partial charge in [-0.05, 0) is 75.5 Å². The molecule has 154 valence electrons. The van der Waals surface area contributed by atoms with Crippen LogP contribution in [0.2, 0.25) is 0 Å². The molecule has 0 atom stereocenters. The normalized spacial score (nSPS) is 10.8. The van der Waals surface area contributed by atoms with Gasteiger partial charge in [0.15, 0.2) is 5.11 Å². The van der Waals surface area contributed by atoms with E-state index in [1.54, 1.807) is 25.3 Å². The highest BCUT2D eigenvalue weighted by Crippen LogP contribution is 2.20. The first-order valence-electron chi connectivity index (χ1n) is 9.61. The lowest BCUT2D eigenvalue weighted by Gasteiger charge is -2.10. The number of aryl methyl sites for hydroxylation is 1. The molecule has 0 aliphatic carbocycles. The summed E-state index contributed by atoms with van der Waals surface area (Å²) in [4.78, 5) is 11.9. The number of rotatable bonds is 6. The van der Waals surface area contributed by atoms with Crippen molar-refractivity contribution in [3.05, 3.63) is 83.2 Å². The van der Waals surface area contributed by atoms with Crippen molar-refractivity contribution < 1.29 is 9.53 Å². The minimum atomic E-state index is -0.316. The van der Waals surface area contributed by atoms with E-state index in [-0.39, 0.29) is 5.97 Å². The smallest absolute Gasteiger partial charge is 0.338 e. The number of anilines is 1. The maximum absolute atomic E-state index is 11.9. The van der Waals surface area contributed by atoms with Crippen molar-refractivity contribution in [1.82, 2.24) is 9.99 Å². The Balaban J connectivity index is 1.70. The van der Waals surface area contributed by atoms with E-state index in [1.165, 1.54) is 0 Å². The van der Waals surface area contributed by atoms with Gasteiger partial charge in [-0.25, -0.2) is 4.79 Å². The Morgan fingerprint density at radius 1 is 1.13 bits per heavy atom. The molecule has 7 heteroatoms. The molecule has 1 aromatic heterocycles. The first-order chi connectivity index (χ1) is 14.5. The van der Waals surface area contributed by atoms with E-state index in [4.69, 9.17) is 17.0 Å². The van der Waals surface area contributed by atoms with Crippen LogP contribution in [0.15, 0.2) is 65.8 Å². The van der Waals surface area contributed by atoms with Gasteiger partial charge < -0.3 is 14.6 Å². The summed E-state index contributed by atoms with van der Waals surface area (Å²) in [6.07, 6.45) is 1.74. The number of aromatic nitrogens is 1. The predicted molar refractivity (Wildman–Crippen MR) is 125 cm³/mol. The zero-order valence-corrected chi connectivity index (χ0v) is 18.0. The molecule has 0 unspecified atom stereocenters. The Bertz CT molecular complexity index is 1060. The Kier molecular flexibility index (Phi) is 6.98. The largest absolute Gasteiger partial charge is 0.462 e. The maximum atomic E-state index is 11.9. The van der Waals surface area contributed by atoms with E-state index in [2.05, 4.69) is 20.4 Å². The third-order valence-electron chi connectivity index (χ3n) is 4.51. The monoisotopic (exact) mass is 420 g/mol. The highest BCUT2D eigenvalue weighted by Gasteiger charge is 2.11. The van der Waals surface area contributed by atoms with Crippen LogP contribution in [0.3, 0.4) is 0 Å². The third-order valence-corrected chi connectivity index (χ3v) is 4.70. The quantitative estimate of drug-likeness (QED) is 0.264. The summed E-state index contributed by atoms with van der Waals surface area (Å²) in [6, 6.07) is 19.1. The highest BCUT2D eigenvalue weighted by atomic mass is 32.1. The topological polar surface area (TPSA) is 67.7 Å². The van der Waals surface area contributed by atoms with Crippen molar-refractivity contribution in [2.24, 2.45) is 5.10 Å². The Hall–Kier alpha value is -3.45. The maximum Gasteiger partial charge on any atom is 0.338 e. The van der Waals surface area contributed by atoms with Crippen molar-refractivity contribution in [2.75, 3.05) is 11.9 Å². The molecule has 0 aliphatic rings. The van der Waals surface area contributed by atoms with E-state index in [9.17, 15) is 4.79 Å². The summed E-state index contributed by atoms with van der Waals surface area (Å²) in [6.45, 7) is 6.20.